The topological polar surface area (TPSA) is 38.8 Å². The number of carbonyl (C=O) groups excluding carboxylic acids is 1. The van der Waals surface area contributed by atoms with Gasteiger partial charge in [0.25, 0.3) is 0 Å². The molecular formula is C14H20NO3W2-. The molecule has 2 aliphatic rings. The predicted octanol–water partition coefficient (Wildman–Crippen LogP) is 1.99. The van der Waals surface area contributed by atoms with Crippen LogP contribution in [0.5, 0.6) is 0 Å². The monoisotopic (exact) mass is 618 g/mol. The molecule has 2 aliphatic heterocycles. The van der Waals surface area contributed by atoms with E-state index in [4.69, 9.17) is 9.57 Å². The molecule has 1 atom stereocenters. The summed E-state index contributed by atoms with van der Waals surface area (Å²) in [6.45, 7) is 8.10. The summed E-state index contributed by atoms with van der Waals surface area (Å²) in [6.07, 6.45) is 6.24. The van der Waals surface area contributed by atoms with E-state index in [-0.39, 0.29) is 66.7 Å². The maximum atomic E-state index is 10.8. The standard InChI is InChI=1S/C13H17NO3.CH3.2W/c1-12(2)6-10-9(7-15)8-17-11(10)13(3,4)14(12)16-5;;;/h6,11H,1-5H3;1H3;;/q-2;-1;;+2. The second-order valence-corrected chi connectivity index (χ2v) is 5.46. The van der Waals surface area contributed by atoms with Crippen LogP contribution < -0.4 is 0 Å². The maximum absolute atomic E-state index is 10.8. The van der Waals surface area contributed by atoms with Gasteiger partial charge in [0, 0.05) is 32.7 Å². The van der Waals surface area contributed by atoms with E-state index >= 15 is 0 Å². The molecule has 6 heteroatoms. The summed E-state index contributed by atoms with van der Waals surface area (Å²) in [5, 5.41) is 1.88. The van der Waals surface area contributed by atoms with Gasteiger partial charge >= 0.3 is 21.1 Å². The molecule has 0 saturated carbocycles. The third kappa shape index (κ3) is 3.35. The average molecular weight is 618 g/mol. The van der Waals surface area contributed by atoms with Crippen molar-refractivity contribution in [2.24, 2.45) is 0 Å². The number of hydrogen-bond donors (Lipinski definition) is 0. The molecule has 0 aromatic heterocycles. The minimum absolute atomic E-state index is 0. The van der Waals surface area contributed by atoms with Crippen LogP contribution in [0.3, 0.4) is 0 Å². The van der Waals surface area contributed by atoms with Crippen LogP contribution in [0.4, 0.5) is 0 Å². The predicted molar refractivity (Wildman–Crippen MR) is 68.8 cm³/mol. The molecular weight excluding hydrogens is 598 g/mol. The zero-order valence-corrected chi connectivity index (χ0v) is 18.5. The maximum Gasteiger partial charge on any atom is 2.00 e. The van der Waals surface area contributed by atoms with Crippen molar-refractivity contribution >= 4 is 6.29 Å². The Balaban J connectivity index is 0. The van der Waals surface area contributed by atoms with Gasteiger partial charge in [-0.15, -0.1) is 6.29 Å². The second kappa shape index (κ2) is 7.49. The quantitative estimate of drug-likeness (QED) is 0.445. The SMILES string of the molecule is CON1C(C)(C)C=C2C([C-]=O)=[C-]OC2C1(C)C.[CH3-].[W+2].[W]. The minimum atomic E-state index is -0.381. The van der Waals surface area contributed by atoms with Crippen molar-refractivity contribution in [3.63, 3.8) is 0 Å². The van der Waals surface area contributed by atoms with Gasteiger partial charge in [0.15, 0.2) is 0 Å². The fourth-order valence-electron chi connectivity index (χ4n) is 2.88. The first-order chi connectivity index (χ1) is 7.84. The smallest absolute Gasteiger partial charge is 0.639 e. The average Bonchev–Trinajstić information content (AvgIpc) is 2.59. The van der Waals surface area contributed by atoms with E-state index in [0.717, 1.165) is 5.57 Å². The molecule has 0 amide bonds. The molecule has 0 spiro atoms. The van der Waals surface area contributed by atoms with Gasteiger partial charge in [-0.2, -0.15) is 17.4 Å². The number of ether oxygens (including phenoxy) is 1. The first kappa shape index (κ1) is 22.5. The summed E-state index contributed by atoms with van der Waals surface area (Å²) in [7, 11) is 1.64. The van der Waals surface area contributed by atoms with Crippen LogP contribution in [-0.4, -0.2) is 35.6 Å². The van der Waals surface area contributed by atoms with Crippen molar-refractivity contribution in [2.75, 3.05) is 7.11 Å². The Morgan fingerprint density at radius 3 is 2.40 bits per heavy atom. The Kier molecular flexibility index (Phi) is 8.44. The molecule has 0 saturated heterocycles. The summed E-state index contributed by atoms with van der Waals surface area (Å²) in [5.74, 6) is 0. The number of nitrogens with zero attached hydrogens (tertiary/aromatic N) is 1. The van der Waals surface area contributed by atoms with Crippen LogP contribution >= 0.6 is 0 Å². The molecule has 0 aromatic rings. The third-order valence-electron chi connectivity index (χ3n) is 3.33. The van der Waals surface area contributed by atoms with Crippen LogP contribution in [0.1, 0.15) is 27.7 Å². The van der Waals surface area contributed by atoms with Crippen molar-refractivity contribution in [3.8, 4) is 0 Å². The Labute approximate surface area is 150 Å². The van der Waals surface area contributed by atoms with Gasteiger partial charge in [-0.3, -0.25) is 0 Å². The molecule has 20 heavy (non-hydrogen) atoms. The van der Waals surface area contributed by atoms with Gasteiger partial charge in [0.2, 0.25) is 0 Å². The van der Waals surface area contributed by atoms with Gasteiger partial charge in [0.05, 0.1) is 12.6 Å². The van der Waals surface area contributed by atoms with Gasteiger partial charge in [0.1, 0.15) is 0 Å². The van der Waals surface area contributed by atoms with Gasteiger partial charge in [-0.25, -0.2) is 5.57 Å². The third-order valence-corrected chi connectivity index (χ3v) is 3.33. The summed E-state index contributed by atoms with van der Waals surface area (Å²) in [5.41, 5.74) is 0.533. The zero-order chi connectivity index (χ0) is 12.8. The van der Waals surface area contributed by atoms with Gasteiger partial charge < -0.3 is 27.4 Å². The summed E-state index contributed by atoms with van der Waals surface area (Å²) < 4.78 is 5.46. The first-order valence-corrected chi connectivity index (χ1v) is 5.59. The second-order valence-electron chi connectivity index (χ2n) is 5.46. The number of hydroxylamine groups is 2. The van der Waals surface area contributed by atoms with Crippen molar-refractivity contribution in [1.29, 1.82) is 0 Å². The largest absolute Gasteiger partial charge is 2.00 e. The Morgan fingerprint density at radius 2 is 1.95 bits per heavy atom. The molecule has 1 unspecified atom stereocenters. The fraction of sp³-hybridized carbons (Fsp3) is 0.571. The summed E-state index contributed by atoms with van der Waals surface area (Å²) in [6, 6.07) is 0. The zero-order valence-electron chi connectivity index (χ0n) is 12.6. The molecule has 0 bridgehead atoms. The molecule has 112 valence electrons. The molecule has 2 rings (SSSR count). The number of fused-ring (bicyclic) bond motifs is 1. The van der Waals surface area contributed by atoms with Crippen LogP contribution in [0, 0.1) is 13.7 Å². The fourth-order valence-corrected chi connectivity index (χ4v) is 2.88. The molecule has 0 N–H and O–H groups in total. The molecule has 0 radical (unpaired) electrons. The number of hydrogen-bond acceptors (Lipinski definition) is 4. The van der Waals surface area contributed by atoms with Gasteiger partial charge in [-0.05, 0) is 27.7 Å². The van der Waals surface area contributed by atoms with Crippen molar-refractivity contribution in [2.45, 2.75) is 44.9 Å². The van der Waals surface area contributed by atoms with Crippen LogP contribution in [0.2, 0.25) is 0 Å². The van der Waals surface area contributed by atoms with Crippen LogP contribution in [-0.2, 0) is 56.5 Å². The van der Waals surface area contributed by atoms with E-state index in [0.29, 0.717) is 5.57 Å². The Bertz CT molecular complexity index is 417. The van der Waals surface area contributed by atoms with Crippen LogP contribution in [0.25, 0.3) is 0 Å². The van der Waals surface area contributed by atoms with Crippen molar-refractivity contribution < 1.29 is 56.5 Å². The van der Waals surface area contributed by atoms with Crippen molar-refractivity contribution in [3.05, 3.63) is 30.9 Å². The van der Waals surface area contributed by atoms with E-state index in [1.54, 1.807) is 7.11 Å². The van der Waals surface area contributed by atoms with E-state index in [1.807, 2.05) is 45.1 Å². The molecule has 2 heterocycles. The molecule has 0 fully saturated rings. The van der Waals surface area contributed by atoms with Crippen molar-refractivity contribution in [1.82, 2.24) is 5.06 Å². The summed E-state index contributed by atoms with van der Waals surface area (Å²) in [4.78, 5) is 16.3. The normalized spacial score (nSPS) is 25.6. The van der Waals surface area contributed by atoms with E-state index < -0.39 is 0 Å². The molecule has 4 nitrogen and oxygen atoms in total. The van der Waals surface area contributed by atoms with Gasteiger partial charge in [-0.1, -0.05) is 0 Å². The Morgan fingerprint density at radius 1 is 1.40 bits per heavy atom. The first-order valence-electron chi connectivity index (χ1n) is 5.59. The van der Waals surface area contributed by atoms with E-state index in [9.17, 15) is 4.79 Å². The van der Waals surface area contributed by atoms with E-state index in [2.05, 4.69) is 6.26 Å². The minimum Gasteiger partial charge on any atom is -0.639 e. The van der Waals surface area contributed by atoms with Crippen LogP contribution in [0.15, 0.2) is 17.2 Å². The number of rotatable bonds is 2. The molecule has 0 aromatic carbocycles. The summed E-state index contributed by atoms with van der Waals surface area (Å²) >= 11 is 0. The molecule has 0 aliphatic carbocycles. The Hall–Kier alpha value is 0.247. The van der Waals surface area contributed by atoms with E-state index in [1.165, 1.54) is 0 Å².